The van der Waals surface area contributed by atoms with Crippen LogP contribution in [0.3, 0.4) is 0 Å². The molecule has 1 aromatic carbocycles. The Balaban J connectivity index is 2.13. The van der Waals surface area contributed by atoms with E-state index in [0.29, 0.717) is 17.3 Å². The zero-order valence-corrected chi connectivity index (χ0v) is 11.0. The van der Waals surface area contributed by atoms with Crippen molar-refractivity contribution in [2.75, 3.05) is 0 Å². The Kier molecular flexibility index (Phi) is 3.65. The van der Waals surface area contributed by atoms with Crippen molar-refractivity contribution in [3.63, 3.8) is 0 Å². The number of benzene rings is 1. The van der Waals surface area contributed by atoms with Gasteiger partial charge in [-0.1, -0.05) is 28.1 Å². The number of ether oxygens (including phenoxy) is 1. The minimum atomic E-state index is 0.215. The van der Waals surface area contributed by atoms with E-state index in [0.717, 1.165) is 4.47 Å². The van der Waals surface area contributed by atoms with Gasteiger partial charge in [-0.15, -0.1) is 0 Å². The molecule has 17 heavy (non-hydrogen) atoms. The maximum atomic E-state index is 5.49. The average Bonchev–Trinajstić information content (AvgIpc) is 2.33. The van der Waals surface area contributed by atoms with Gasteiger partial charge < -0.3 is 10.5 Å². The lowest BCUT2D eigenvalue weighted by Gasteiger charge is -2.04. The first-order valence-corrected chi connectivity index (χ1v) is 5.90. The van der Waals surface area contributed by atoms with Crippen LogP contribution in [0.1, 0.15) is 5.69 Å². The molecule has 0 aliphatic carbocycles. The average molecular weight is 310 g/mol. The predicted molar refractivity (Wildman–Crippen MR) is 72.1 cm³/mol. The van der Waals surface area contributed by atoms with Crippen molar-refractivity contribution >= 4 is 33.1 Å². The fourth-order valence-corrected chi connectivity index (χ4v) is 1.49. The van der Waals surface area contributed by atoms with Gasteiger partial charge in [-0.2, -0.15) is 0 Å². The molecule has 0 atom stereocenters. The van der Waals surface area contributed by atoms with Crippen LogP contribution < -0.4 is 10.5 Å². The van der Waals surface area contributed by atoms with Gasteiger partial charge in [-0.25, -0.2) is 9.97 Å². The van der Waals surface area contributed by atoms with Gasteiger partial charge in [-0.3, -0.25) is 0 Å². The lowest BCUT2D eigenvalue weighted by atomic mass is 10.3. The van der Waals surface area contributed by atoms with E-state index in [-0.39, 0.29) is 4.99 Å². The van der Waals surface area contributed by atoms with Gasteiger partial charge in [0.15, 0.2) is 0 Å². The largest absolute Gasteiger partial charge is 0.438 e. The number of aromatic nitrogens is 2. The Labute approximate surface area is 112 Å². The van der Waals surface area contributed by atoms with E-state index >= 15 is 0 Å². The van der Waals surface area contributed by atoms with E-state index in [1.54, 1.807) is 0 Å². The molecule has 1 heterocycles. The Bertz CT molecular complexity index is 527. The molecule has 0 bridgehead atoms. The number of thiocarbonyl (C=S) groups is 1. The topological polar surface area (TPSA) is 61.0 Å². The molecule has 4 nitrogen and oxygen atoms in total. The fourth-order valence-electron chi connectivity index (χ4n) is 1.12. The first kappa shape index (κ1) is 11.9. The maximum absolute atomic E-state index is 5.49. The third-order valence-corrected chi connectivity index (χ3v) is 2.65. The lowest BCUT2D eigenvalue weighted by Crippen LogP contribution is -2.11. The molecule has 0 radical (unpaired) electrons. The maximum Gasteiger partial charge on any atom is 0.237 e. The SMILES string of the molecule is NC(=S)c1cnc(Oc2ccc(Br)cc2)cn1. The smallest absolute Gasteiger partial charge is 0.237 e. The monoisotopic (exact) mass is 309 g/mol. The summed E-state index contributed by atoms with van der Waals surface area (Å²) in [4.78, 5) is 8.30. The summed E-state index contributed by atoms with van der Waals surface area (Å²) in [5.74, 6) is 1.08. The van der Waals surface area contributed by atoms with Gasteiger partial charge >= 0.3 is 0 Å². The molecular weight excluding hydrogens is 302 g/mol. The van der Waals surface area contributed by atoms with Crippen LogP contribution in [-0.4, -0.2) is 15.0 Å². The fraction of sp³-hybridized carbons (Fsp3) is 0. The van der Waals surface area contributed by atoms with Crippen LogP contribution in [0.25, 0.3) is 0 Å². The highest BCUT2D eigenvalue weighted by atomic mass is 79.9. The molecule has 0 spiro atoms. The minimum Gasteiger partial charge on any atom is -0.438 e. The Morgan fingerprint density at radius 1 is 1.18 bits per heavy atom. The predicted octanol–water partition coefficient (Wildman–Crippen LogP) is 2.67. The number of rotatable bonds is 3. The summed E-state index contributed by atoms with van der Waals surface area (Å²) in [5.41, 5.74) is 5.89. The molecule has 1 aromatic heterocycles. The number of nitrogens with zero attached hydrogens (tertiary/aromatic N) is 2. The van der Waals surface area contributed by atoms with Gasteiger partial charge in [-0.05, 0) is 24.3 Å². The second-order valence-corrected chi connectivity index (χ2v) is 4.52. The van der Waals surface area contributed by atoms with Crippen LogP contribution in [0.4, 0.5) is 0 Å². The van der Waals surface area contributed by atoms with Gasteiger partial charge in [0.25, 0.3) is 0 Å². The number of hydrogen-bond acceptors (Lipinski definition) is 4. The first-order chi connectivity index (χ1) is 8.15. The zero-order valence-electron chi connectivity index (χ0n) is 8.63. The Morgan fingerprint density at radius 3 is 2.41 bits per heavy atom. The van der Waals surface area contributed by atoms with Gasteiger partial charge in [0, 0.05) is 4.47 Å². The Morgan fingerprint density at radius 2 is 1.88 bits per heavy atom. The molecule has 0 saturated carbocycles. The van der Waals surface area contributed by atoms with Crippen molar-refractivity contribution in [2.24, 2.45) is 5.73 Å². The van der Waals surface area contributed by atoms with Crippen molar-refractivity contribution < 1.29 is 4.74 Å². The van der Waals surface area contributed by atoms with Gasteiger partial charge in [0.1, 0.15) is 16.4 Å². The van der Waals surface area contributed by atoms with E-state index in [1.165, 1.54) is 12.4 Å². The third kappa shape index (κ3) is 3.21. The third-order valence-electron chi connectivity index (χ3n) is 1.92. The van der Waals surface area contributed by atoms with E-state index < -0.39 is 0 Å². The molecule has 0 aliphatic rings. The van der Waals surface area contributed by atoms with Crippen LogP contribution in [0, 0.1) is 0 Å². The Hall–Kier alpha value is -1.53. The first-order valence-electron chi connectivity index (χ1n) is 4.70. The van der Waals surface area contributed by atoms with Crippen molar-refractivity contribution in [2.45, 2.75) is 0 Å². The molecule has 2 rings (SSSR count). The standard InChI is InChI=1S/C11H8BrN3OS/c12-7-1-3-8(4-2-7)16-10-6-14-9(5-15-10)11(13)17/h1-6H,(H2,13,17). The molecule has 0 amide bonds. The highest BCUT2D eigenvalue weighted by molar-refractivity contribution is 9.10. The molecule has 6 heteroatoms. The molecule has 0 fully saturated rings. The second-order valence-electron chi connectivity index (χ2n) is 3.16. The molecular formula is C11H8BrN3OS. The molecule has 0 unspecified atom stereocenters. The summed E-state index contributed by atoms with van der Waals surface area (Å²) in [6, 6.07) is 7.42. The summed E-state index contributed by atoms with van der Waals surface area (Å²) in [5, 5.41) is 0. The quantitative estimate of drug-likeness (QED) is 0.883. The number of halogens is 1. The molecule has 2 N–H and O–H groups in total. The van der Waals surface area contributed by atoms with Crippen LogP contribution in [0.2, 0.25) is 0 Å². The summed E-state index contributed by atoms with van der Waals surface area (Å²) in [7, 11) is 0. The van der Waals surface area contributed by atoms with E-state index in [1.807, 2.05) is 24.3 Å². The normalized spacial score (nSPS) is 9.94. The lowest BCUT2D eigenvalue weighted by molar-refractivity contribution is 0.460. The van der Waals surface area contributed by atoms with Gasteiger partial charge in [0.05, 0.1) is 12.4 Å². The molecule has 86 valence electrons. The van der Waals surface area contributed by atoms with E-state index in [9.17, 15) is 0 Å². The number of hydrogen-bond donors (Lipinski definition) is 1. The van der Waals surface area contributed by atoms with Crippen LogP contribution >= 0.6 is 28.1 Å². The van der Waals surface area contributed by atoms with Crippen molar-refractivity contribution in [3.8, 4) is 11.6 Å². The van der Waals surface area contributed by atoms with Crippen LogP contribution in [-0.2, 0) is 0 Å². The summed E-state index contributed by atoms with van der Waals surface area (Å²) in [6.45, 7) is 0. The summed E-state index contributed by atoms with van der Waals surface area (Å²) < 4.78 is 6.48. The minimum absolute atomic E-state index is 0.215. The van der Waals surface area contributed by atoms with Crippen LogP contribution in [0.5, 0.6) is 11.6 Å². The molecule has 0 saturated heterocycles. The number of nitrogens with two attached hydrogens (primary N) is 1. The highest BCUT2D eigenvalue weighted by Gasteiger charge is 2.02. The summed E-state index contributed by atoms with van der Waals surface area (Å²) >= 11 is 8.12. The van der Waals surface area contributed by atoms with Crippen molar-refractivity contribution in [1.29, 1.82) is 0 Å². The zero-order chi connectivity index (χ0) is 12.3. The highest BCUT2D eigenvalue weighted by Crippen LogP contribution is 2.20. The van der Waals surface area contributed by atoms with Crippen molar-refractivity contribution in [3.05, 3.63) is 46.8 Å². The van der Waals surface area contributed by atoms with E-state index in [2.05, 4.69) is 25.9 Å². The van der Waals surface area contributed by atoms with Crippen LogP contribution in [0.15, 0.2) is 41.1 Å². The van der Waals surface area contributed by atoms with E-state index in [4.69, 9.17) is 22.7 Å². The molecule has 0 aliphatic heterocycles. The van der Waals surface area contributed by atoms with Gasteiger partial charge in [0.2, 0.25) is 5.88 Å². The molecule has 2 aromatic rings. The van der Waals surface area contributed by atoms with Crippen molar-refractivity contribution in [1.82, 2.24) is 9.97 Å². The second kappa shape index (κ2) is 5.20. The summed E-state index contributed by atoms with van der Waals surface area (Å²) in [6.07, 6.45) is 2.97.